The standard InChI is InChI=1S/C33H35Cl2FN2O4S/c1-20-30(22-7-8-22)29(18-28(36)31(20)33(39)37-43(40,41)27-9-10-27)42-19-21-11-13-38(14-12-21)32(23-5-3-2-4-6-23)24-15-25(34)17-26(35)16-24/h2-6,11,13,15-18,20-22,27,30,32H,7-10,12,14,19H2,1H3,(H,37,39). The molecule has 43 heavy (non-hydrogen) atoms. The van der Waals surface area contributed by atoms with Crippen LogP contribution < -0.4 is 4.72 Å². The fourth-order valence-corrected chi connectivity index (χ4v) is 8.19. The number of carbonyl (C=O) groups is 1. The number of nitrogens with zero attached hydrogens (tertiary/aromatic N) is 1. The zero-order valence-corrected chi connectivity index (χ0v) is 26.2. The lowest BCUT2D eigenvalue weighted by Gasteiger charge is -2.36. The molecule has 6 rings (SSSR count). The van der Waals surface area contributed by atoms with Gasteiger partial charge in [-0.25, -0.2) is 17.5 Å². The number of hydrogen-bond acceptors (Lipinski definition) is 5. The highest BCUT2D eigenvalue weighted by molar-refractivity contribution is 7.91. The van der Waals surface area contributed by atoms with Crippen LogP contribution in [0.15, 0.2) is 84.0 Å². The first kappa shape index (κ1) is 30.2. The van der Waals surface area contributed by atoms with Gasteiger partial charge >= 0.3 is 0 Å². The van der Waals surface area contributed by atoms with Gasteiger partial charge in [0.05, 0.1) is 23.5 Å². The lowest BCUT2D eigenvalue weighted by atomic mass is 9.78. The Bertz CT molecular complexity index is 1560. The van der Waals surface area contributed by atoms with Crippen LogP contribution in [-0.4, -0.2) is 37.6 Å². The predicted molar refractivity (Wildman–Crippen MR) is 166 cm³/mol. The van der Waals surface area contributed by atoms with Crippen molar-refractivity contribution in [2.24, 2.45) is 23.7 Å². The fraction of sp³-hybridized carbons (Fsp3) is 0.424. The molecule has 2 aromatic carbocycles. The van der Waals surface area contributed by atoms with Crippen LogP contribution in [0.1, 0.15) is 56.2 Å². The lowest BCUT2D eigenvalue weighted by molar-refractivity contribution is -0.116. The second-order valence-electron chi connectivity index (χ2n) is 12.1. The van der Waals surface area contributed by atoms with E-state index >= 15 is 4.39 Å². The van der Waals surface area contributed by atoms with E-state index < -0.39 is 32.9 Å². The number of amides is 1. The zero-order chi connectivity index (χ0) is 30.3. The minimum atomic E-state index is -3.77. The number of hydrogen-bond donors (Lipinski definition) is 1. The van der Waals surface area contributed by atoms with Crippen molar-refractivity contribution in [1.29, 1.82) is 0 Å². The summed E-state index contributed by atoms with van der Waals surface area (Å²) in [5.41, 5.74) is 2.03. The van der Waals surface area contributed by atoms with Crippen LogP contribution in [0.5, 0.6) is 0 Å². The van der Waals surface area contributed by atoms with Gasteiger partial charge in [0.25, 0.3) is 5.91 Å². The number of halogens is 3. The van der Waals surface area contributed by atoms with Gasteiger partial charge in [-0.2, -0.15) is 0 Å². The maximum absolute atomic E-state index is 15.4. The van der Waals surface area contributed by atoms with Gasteiger partial charge in [0.2, 0.25) is 10.0 Å². The van der Waals surface area contributed by atoms with Gasteiger partial charge < -0.3 is 9.64 Å². The van der Waals surface area contributed by atoms with Gasteiger partial charge in [-0.3, -0.25) is 4.79 Å². The van der Waals surface area contributed by atoms with Crippen molar-refractivity contribution in [2.75, 3.05) is 13.2 Å². The molecule has 0 aromatic heterocycles. The monoisotopic (exact) mass is 644 g/mol. The highest BCUT2D eigenvalue weighted by Crippen LogP contribution is 2.49. The maximum atomic E-state index is 15.4. The van der Waals surface area contributed by atoms with Crippen LogP contribution in [0.25, 0.3) is 0 Å². The topological polar surface area (TPSA) is 75.7 Å². The van der Waals surface area contributed by atoms with Gasteiger partial charge in [0, 0.05) is 34.5 Å². The van der Waals surface area contributed by atoms with E-state index in [2.05, 4.69) is 34.0 Å². The Kier molecular flexibility index (Phi) is 8.64. The molecule has 10 heteroatoms. The summed E-state index contributed by atoms with van der Waals surface area (Å²) in [6.07, 6.45) is 9.33. The molecule has 2 aromatic rings. The molecule has 0 spiro atoms. The van der Waals surface area contributed by atoms with Gasteiger partial charge in [0.15, 0.2) is 0 Å². The highest BCUT2D eigenvalue weighted by Gasteiger charge is 2.45. The van der Waals surface area contributed by atoms with E-state index in [9.17, 15) is 13.2 Å². The lowest BCUT2D eigenvalue weighted by Crippen LogP contribution is -2.38. The summed E-state index contributed by atoms with van der Waals surface area (Å²) < 4.78 is 48.4. The van der Waals surface area contributed by atoms with Gasteiger partial charge in [0.1, 0.15) is 11.6 Å². The van der Waals surface area contributed by atoms with E-state index in [4.69, 9.17) is 27.9 Å². The smallest absolute Gasteiger partial charge is 0.263 e. The fourth-order valence-electron chi connectivity index (χ4n) is 6.36. The minimum absolute atomic E-state index is 0.0656. The Hall–Kier alpha value is -2.81. The van der Waals surface area contributed by atoms with Crippen LogP contribution in [0.3, 0.4) is 0 Å². The molecule has 3 aliphatic carbocycles. The summed E-state index contributed by atoms with van der Waals surface area (Å²) in [7, 11) is -3.77. The molecule has 6 nitrogen and oxygen atoms in total. The van der Waals surface area contributed by atoms with Crippen LogP contribution in [0, 0.1) is 23.7 Å². The largest absolute Gasteiger partial charge is 0.497 e. The normalized spacial score (nSPS) is 24.9. The summed E-state index contributed by atoms with van der Waals surface area (Å²) in [5, 5.41) is 0.614. The van der Waals surface area contributed by atoms with Gasteiger partial charge in [-0.1, -0.05) is 66.5 Å². The highest BCUT2D eigenvalue weighted by atomic mass is 35.5. The molecule has 0 bridgehead atoms. The van der Waals surface area contributed by atoms with E-state index in [-0.39, 0.29) is 29.4 Å². The number of nitrogens with one attached hydrogen (secondary N) is 1. The molecule has 1 heterocycles. The van der Waals surface area contributed by atoms with Crippen LogP contribution in [0.2, 0.25) is 10.0 Å². The average Bonchev–Trinajstić information content (AvgIpc) is 3.86. The number of benzene rings is 2. The SMILES string of the molecule is CC1C(C(=O)NS(=O)(=O)C2CC2)=C(F)C=C(OCC2C=CN(C(c3ccccc3)c3cc(Cl)cc(Cl)c3)CC2)C1C1CC1. The first-order valence-corrected chi connectivity index (χ1v) is 17.2. The van der Waals surface area contributed by atoms with Crippen molar-refractivity contribution in [1.82, 2.24) is 9.62 Å². The summed E-state index contributed by atoms with van der Waals surface area (Å²) in [6, 6.07) is 15.8. The van der Waals surface area contributed by atoms with E-state index in [1.807, 2.05) is 30.3 Å². The second kappa shape index (κ2) is 12.3. The quantitative estimate of drug-likeness (QED) is 0.293. The summed E-state index contributed by atoms with van der Waals surface area (Å²) in [5.74, 6) is -1.29. The zero-order valence-electron chi connectivity index (χ0n) is 23.9. The van der Waals surface area contributed by atoms with Crippen molar-refractivity contribution in [3.63, 3.8) is 0 Å². The summed E-state index contributed by atoms with van der Waals surface area (Å²) >= 11 is 12.7. The molecule has 0 saturated heterocycles. The molecular formula is C33H35Cl2FN2O4S. The molecule has 0 radical (unpaired) electrons. The van der Waals surface area contributed by atoms with Crippen molar-refractivity contribution in [3.8, 4) is 0 Å². The Morgan fingerprint density at radius 3 is 2.35 bits per heavy atom. The molecule has 2 saturated carbocycles. The Balaban J connectivity index is 1.17. The van der Waals surface area contributed by atoms with Crippen molar-refractivity contribution in [2.45, 2.75) is 50.3 Å². The minimum Gasteiger partial charge on any atom is -0.497 e. The molecule has 1 N–H and O–H groups in total. The third-order valence-electron chi connectivity index (χ3n) is 8.84. The second-order valence-corrected chi connectivity index (χ2v) is 14.9. The number of rotatable bonds is 10. The molecular weight excluding hydrogens is 610 g/mol. The predicted octanol–water partition coefficient (Wildman–Crippen LogP) is 7.33. The maximum Gasteiger partial charge on any atom is 0.263 e. The molecule has 228 valence electrons. The van der Waals surface area contributed by atoms with Crippen LogP contribution in [-0.2, 0) is 19.6 Å². The Labute approximate surface area is 262 Å². The van der Waals surface area contributed by atoms with Crippen molar-refractivity contribution in [3.05, 3.63) is 105 Å². The Morgan fingerprint density at radius 1 is 1.05 bits per heavy atom. The van der Waals surface area contributed by atoms with Gasteiger partial charge in [-0.05, 0) is 79.5 Å². The van der Waals surface area contributed by atoms with E-state index in [1.165, 1.54) is 6.08 Å². The van der Waals surface area contributed by atoms with Crippen LogP contribution in [0.4, 0.5) is 4.39 Å². The summed E-state index contributed by atoms with van der Waals surface area (Å²) in [4.78, 5) is 15.2. The van der Waals surface area contributed by atoms with Crippen molar-refractivity contribution < 1.29 is 22.3 Å². The molecule has 4 aliphatic rings. The van der Waals surface area contributed by atoms with E-state index in [1.54, 1.807) is 13.0 Å². The van der Waals surface area contributed by atoms with E-state index in [0.29, 0.717) is 35.3 Å². The first-order valence-electron chi connectivity index (χ1n) is 14.9. The first-order chi connectivity index (χ1) is 20.6. The molecule has 4 unspecified atom stereocenters. The Morgan fingerprint density at radius 2 is 1.74 bits per heavy atom. The van der Waals surface area contributed by atoms with Crippen LogP contribution >= 0.6 is 23.2 Å². The number of carbonyl (C=O) groups excluding carboxylic acids is 1. The number of allylic oxidation sites excluding steroid dienone is 3. The molecule has 2 fully saturated rings. The van der Waals surface area contributed by atoms with E-state index in [0.717, 1.165) is 36.9 Å². The summed E-state index contributed by atoms with van der Waals surface area (Å²) in [6.45, 7) is 2.95. The number of ether oxygens (including phenoxy) is 1. The van der Waals surface area contributed by atoms with Crippen molar-refractivity contribution >= 4 is 39.1 Å². The third-order valence-corrected chi connectivity index (χ3v) is 11.1. The average molecular weight is 646 g/mol. The van der Waals surface area contributed by atoms with Gasteiger partial charge in [-0.15, -0.1) is 0 Å². The third kappa shape index (κ3) is 6.81. The number of sulfonamides is 1. The molecule has 1 amide bonds. The molecule has 4 atom stereocenters. The molecule has 1 aliphatic heterocycles.